The molecule has 3 N–H and O–H groups in total. The third-order valence-corrected chi connectivity index (χ3v) is 3.58. The zero-order valence-electron chi connectivity index (χ0n) is 13.1. The summed E-state index contributed by atoms with van der Waals surface area (Å²) in [5, 5.41) is 25.8. The number of aromatic hydroxyl groups is 2. The first-order chi connectivity index (χ1) is 11.5. The predicted octanol–water partition coefficient (Wildman–Crippen LogP) is 2.43. The predicted molar refractivity (Wildman–Crippen MR) is 89.6 cm³/mol. The highest BCUT2D eigenvalue weighted by atomic mass is 16.3. The summed E-state index contributed by atoms with van der Waals surface area (Å²) in [6.45, 7) is 0.337. The van der Waals surface area contributed by atoms with Crippen molar-refractivity contribution in [1.29, 1.82) is 0 Å². The van der Waals surface area contributed by atoms with E-state index >= 15 is 0 Å². The molecule has 0 atom stereocenters. The zero-order chi connectivity index (χ0) is 17.1. The van der Waals surface area contributed by atoms with Gasteiger partial charge in [-0.05, 0) is 29.3 Å². The van der Waals surface area contributed by atoms with Crippen molar-refractivity contribution in [2.45, 2.75) is 6.54 Å². The number of amides is 1. The van der Waals surface area contributed by atoms with Crippen LogP contribution in [0.4, 0.5) is 0 Å². The van der Waals surface area contributed by atoms with Gasteiger partial charge < -0.3 is 15.5 Å². The van der Waals surface area contributed by atoms with E-state index in [1.807, 2.05) is 37.5 Å². The molecule has 1 amide bonds. The molecule has 0 fully saturated rings. The zero-order valence-corrected chi connectivity index (χ0v) is 13.1. The number of aryl methyl sites for hydroxylation is 1. The fourth-order valence-electron chi connectivity index (χ4n) is 2.44. The van der Waals surface area contributed by atoms with Crippen LogP contribution >= 0.6 is 0 Å². The van der Waals surface area contributed by atoms with E-state index < -0.39 is 0 Å². The SMILES string of the molecule is Cn1cc(-c2cccc(CNC(=O)c3cc(O)cc(O)c3)c2)cn1. The summed E-state index contributed by atoms with van der Waals surface area (Å²) in [6, 6.07) is 11.6. The van der Waals surface area contributed by atoms with E-state index in [2.05, 4.69) is 10.4 Å². The lowest BCUT2D eigenvalue weighted by molar-refractivity contribution is 0.0950. The molecule has 0 spiro atoms. The van der Waals surface area contributed by atoms with Crippen LogP contribution < -0.4 is 5.32 Å². The first kappa shape index (κ1) is 15.6. The molecule has 1 heterocycles. The Balaban J connectivity index is 1.71. The number of carbonyl (C=O) groups is 1. The van der Waals surface area contributed by atoms with Gasteiger partial charge in [0.1, 0.15) is 11.5 Å². The van der Waals surface area contributed by atoms with Crippen LogP contribution in [0.3, 0.4) is 0 Å². The van der Waals surface area contributed by atoms with Gasteiger partial charge in [0.15, 0.2) is 0 Å². The average Bonchev–Trinajstić information content (AvgIpc) is 2.98. The second-order valence-corrected chi connectivity index (χ2v) is 5.52. The number of aromatic nitrogens is 2. The number of benzene rings is 2. The van der Waals surface area contributed by atoms with Crippen LogP contribution in [0.25, 0.3) is 11.1 Å². The number of phenolic OH excluding ortho intramolecular Hbond substituents is 2. The molecule has 1 aromatic heterocycles. The average molecular weight is 323 g/mol. The molecule has 6 nitrogen and oxygen atoms in total. The Bertz CT molecular complexity index is 866. The minimum atomic E-state index is -0.368. The third-order valence-electron chi connectivity index (χ3n) is 3.58. The summed E-state index contributed by atoms with van der Waals surface area (Å²) < 4.78 is 1.73. The Morgan fingerprint density at radius 3 is 2.54 bits per heavy atom. The van der Waals surface area contributed by atoms with E-state index in [1.165, 1.54) is 18.2 Å². The molecule has 3 aromatic rings. The van der Waals surface area contributed by atoms with Gasteiger partial charge in [-0.25, -0.2) is 0 Å². The summed E-state index contributed by atoms with van der Waals surface area (Å²) >= 11 is 0. The largest absolute Gasteiger partial charge is 0.508 e. The van der Waals surface area contributed by atoms with Gasteiger partial charge in [0.05, 0.1) is 6.20 Å². The van der Waals surface area contributed by atoms with E-state index in [-0.39, 0.29) is 23.0 Å². The maximum Gasteiger partial charge on any atom is 0.251 e. The van der Waals surface area contributed by atoms with Crippen molar-refractivity contribution in [3.8, 4) is 22.6 Å². The molecule has 122 valence electrons. The molecular weight excluding hydrogens is 306 g/mol. The van der Waals surface area contributed by atoms with Crippen molar-refractivity contribution in [1.82, 2.24) is 15.1 Å². The van der Waals surface area contributed by atoms with Gasteiger partial charge in [0.25, 0.3) is 5.91 Å². The number of nitrogens with zero attached hydrogens (tertiary/aromatic N) is 2. The Labute approximate surface area is 139 Å². The van der Waals surface area contributed by atoms with E-state index in [4.69, 9.17) is 0 Å². The second kappa shape index (κ2) is 6.45. The monoisotopic (exact) mass is 323 g/mol. The smallest absolute Gasteiger partial charge is 0.251 e. The van der Waals surface area contributed by atoms with Crippen LogP contribution in [-0.4, -0.2) is 25.9 Å². The molecule has 0 bridgehead atoms. The summed E-state index contributed by atoms with van der Waals surface area (Å²) in [6.07, 6.45) is 3.71. The summed E-state index contributed by atoms with van der Waals surface area (Å²) in [7, 11) is 1.86. The minimum Gasteiger partial charge on any atom is -0.508 e. The van der Waals surface area contributed by atoms with Crippen molar-refractivity contribution >= 4 is 5.91 Å². The first-order valence-electron chi connectivity index (χ1n) is 7.40. The standard InChI is InChI=1S/C18H17N3O3/c1-21-11-15(10-20-21)13-4-2-3-12(5-13)9-19-18(24)14-6-16(22)8-17(23)7-14/h2-8,10-11,22-23H,9H2,1H3,(H,19,24). The van der Waals surface area contributed by atoms with Crippen molar-refractivity contribution in [3.05, 3.63) is 66.0 Å². The van der Waals surface area contributed by atoms with Gasteiger partial charge in [-0.2, -0.15) is 5.10 Å². The van der Waals surface area contributed by atoms with Gasteiger partial charge in [0, 0.05) is 37.0 Å². The number of phenols is 2. The van der Waals surface area contributed by atoms with E-state index in [0.29, 0.717) is 6.54 Å². The molecule has 2 aromatic carbocycles. The Morgan fingerprint density at radius 1 is 1.12 bits per heavy atom. The molecule has 0 radical (unpaired) electrons. The van der Waals surface area contributed by atoms with Crippen molar-refractivity contribution in [2.24, 2.45) is 7.05 Å². The molecular formula is C18H17N3O3. The Kier molecular flexibility index (Phi) is 4.20. The highest BCUT2D eigenvalue weighted by Crippen LogP contribution is 2.21. The van der Waals surface area contributed by atoms with Gasteiger partial charge in [0.2, 0.25) is 0 Å². The van der Waals surface area contributed by atoms with Crippen LogP contribution in [0.1, 0.15) is 15.9 Å². The first-order valence-corrected chi connectivity index (χ1v) is 7.40. The fraction of sp³-hybridized carbons (Fsp3) is 0.111. The molecule has 6 heteroatoms. The number of hydrogen-bond donors (Lipinski definition) is 3. The number of rotatable bonds is 4. The highest BCUT2D eigenvalue weighted by molar-refractivity contribution is 5.95. The molecule has 3 rings (SSSR count). The number of nitrogens with one attached hydrogen (secondary N) is 1. The Hall–Kier alpha value is -3.28. The van der Waals surface area contributed by atoms with Gasteiger partial charge in [-0.1, -0.05) is 18.2 Å². The molecule has 0 saturated carbocycles. The summed E-state index contributed by atoms with van der Waals surface area (Å²) in [5.41, 5.74) is 3.17. The van der Waals surface area contributed by atoms with E-state index in [1.54, 1.807) is 10.9 Å². The highest BCUT2D eigenvalue weighted by Gasteiger charge is 2.09. The lowest BCUT2D eigenvalue weighted by Gasteiger charge is -2.08. The van der Waals surface area contributed by atoms with Crippen molar-refractivity contribution < 1.29 is 15.0 Å². The maximum atomic E-state index is 12.1. The van der Waals surface area contributed by atoms with E-state index in [0.717, 1.165) is 16.7 Å². The van der Waals surface area contributed by atoms with Gasteiger partial charge in [-0.15, -0.1) is 0 Å². The molecule has 0 unspecified atom stereocenters. The van der Waals surface area contributed by atoms with Crippen LogP contribution in [0.5, 0.6) is 11.5 Å². The lowest BCUT2D eigenvalue weighted by atomic mass is 10.1. The second-order valence-electron chi connectivity index (χ2n) is 5.52. The van der Waals surface area contributed by atoms with Crippen LogP contribution in [0, 0.1) is 0 Å². The maximum absolute atomic E-state index is 12.1. The normalized spacial score (nSPS) is 10.5. The van der Waals surface area contributed by atoms with Crippen molar-refractivity contribution in [3.63, 3.8) is 0 Å². The van der Waals surface area contributed by atoms with Gasteiger partial charge in [-0.3, -0.25) is 9.48 Å². The summed E-state index contributed by atoms with van der Waals surface area (Å²) in [5.74, 6) is -0.676. The third kappa shape index (κ3) is 3.55. The molecule has 0 aliphatic heterocycles. The topological polar surface area (TPSA) is 87.4 Å². The quantitative estimate of drug-likeness (QED) is 0.688. The number of carbonyl (C=O) groups excluding carboxylic acids is 1. The van der Waals surface area contributed by atoms with Crippen LogP contribution in [0.2, 0.25) is 0 Å². The van der Waals surface area contributed by atoms with Gasteiger partial charge >= 0.3 is 0 Å². The molecule has 24 heavy (non-hydrogen) atoms. The van der Waals surface area contributed by atoms with Crippen molar-refractivity contribution in [2.75, 3.05) is 0 Å². The summed E-state index contributed by atoms with van der Waals surface area (Å²) in [4.78, 5) is 12.1. The minimum absolute atomic E-state index is 0.154. The van der Waals surface area contributed by atoms with Crippen LogP contribution in [-0.2, 0) is 13.6 Å². The lowest BCUT2D eigenvalue weighted by Crippen LogP contribution is -2.22. The molecule has 0 aliphatic carbocycles. The van der Waals surface area contributed by atoms with Crippen LogP contribution in [0.15, 0.2) is 54.9 Å². The molecule has 0 aliphatic rings. The van der Waals surface area contributed by atoms with E-state index in [9.17, 15) is 15.0 Å². The Morgan fingerprint density at radius 2 is 1.88 bits per heavy atom. The fourth-order valence-corrected chi connectivity index (χ4v) is 2.44. The number of hydrogen-bond acceptors (Lipinski definition) is 4. The molecule has 0 saturated heterocycles.